The predicted octanol–water partition coefficient (Wildman–Crippen LogP) is 2.51. The molecule has 2 fully saturated rings. The van der Waals surface area contributed by atoms with E-state index in [0.29, 0.717) is 37.4 Å². The van der Waals surface area contributed by atoms with E-state index in [0.717, 1.165) is 24.2 Å². The third-order valence-corrected chi connectivity index (χ3v) is 8.18. The number of hydrogen-bond donors (Lipinski definition) is 0. The largest absolute Gasteiger partial charge is 0.493 e. The van der Waals surface area contributed by atoms with Gasteiger partial charge in [0, 0.05) is 18.5 Å². The summed E-state index contributed by atoms with van der Waals surface area (Å²) in [5.74, 6) is 0.514. The van der Waals surface area contributed by atoms with E-state index in [1.165, 1.54) is 0 Å². The second kappa shape index (κ2) is 6.23. The van der Waals surface area contributed by atoms with Gasteiger partial charge in [-0.3, -0.25) is 4.79 Å². The van der Waals surface area contributed by atoms with E-state index in [-0.39, 0.29) is 18.1 Å². The minimum atomic E-state index is -3.66. The fourth-order valence-corrected chi connectivity index (χ4v) is 6.94. The van der Waals surface area contributed by atoms with Gasteiger partial charge in [-0.15, -0.1) is 0 Å². The first-order valence-electron chi connectivity index (χ1n) is 9.40. The van der Waals surface area contributed by atoms with Crippen LogP contribution in [0.15, 0.2) is 23.1 Å². The van der Waals surface area contributed by atoms with Crippen molar-refractivity contribution in [3.8, 4) is 5.75 Å². The molecule has 0 aromatic heterocycles. The molecule has 6 nitrogen and oxygen atoms in total. The number of rotatable bonds is 5. The van der Waals surface area contributed by atoms with Gasteiger partial charge in [-0.05, 0) is 56.4 Å². The van der Waals surface area contributed by atoms with E-state index >= 15 is 0 Å². The van der Waals surface area contributed by atoms with Gasteiger partial charge in [0.2, 0.25) is 10.0 Å². The van der Waals surface area contributed by atoms with E-state index < -0.39 is 15.4 Å². The third-order valence-electron chi connectivity index (χ3n) is 6.23. The number of hydrogen-bond acceptors (Lipinski definition) is 5. The highest BCUT2D eigenvalue weighted by Gasteiger charge is 2.63. The SMILES string of the molecule is CCOC(=O)[C@@]1(CC)C[C@H]2CC[C@@H]1N2S(=O)(=O)c1ccc2c(c1)CCO2. The average Bonchev–Trinajstić information content (AvgIpc) is 3.34. The van der Waals surface area contributed by atoms with Gasteiger partial charge in [-0.1, -0.05) is 6.92 Å². The van der Waals surface area contributed by atoms with E-state index in [9.17, 15) is 13.2 Å². The minimum absolute atomic E-state index is 0.126. The Labute approximate surface area is 154 Å². The maximum Gasteiger partial charge on any atom is 0.313 e. The molecule has 3 heterocycles. The number of benzene rings is 1. The van der Waals surface area contributed by atoms with Crippen molar-refractivity contribution in [1.82, 2.24) is 4.31 Å². The predicted molar refractivity (Wildman–Crippen MR) is 95.4 cm³/mol. The lowest BCUT2D eigenvalue weighted by Crippen LogP contribution is -2.45. The summed E-state index contributed by atoms with van der Waals surface area (Å²) in [4.78, 5) is 13.0. The first kappa shape index (κ1) is 17.8. The van der Waals surface area contributed by atoms with Crippen molar-refractivity contribution in [2.24, 2.45) is 5.41 Å². The Bertz CT molecular complexity index is 836. The normalized spacial score (nSPS) is 30.2. The van der Waals surface area contributed by atoms with E-state index in [2.05, 4.69) is 0 Å². The zero-order valence-electron chi connectivity index (χ0n) is 15.2. The summed E-state index contributed by atoms with van der Waals surface area (Å²) in [6, 6.07) is 4.65. The van der Waals surface area contributed by atoms with Crippen LogP contribution in [0.5, 0.6) is 5.75 Å². The second-order valence-electron chi connectivity index (χ2n) is 7.38. The van der Waals surface area contributed by atoms with Crippen LogP contribution in [-0.2, 0) is 26.0 Å². The summed E-state index contributed by atoms with van der Waals surface area (Å²) in [5, 5.41) is 0. The summed E-state index contributed by atoms with van der Waals surface area (Å²) in [5.41, 5.74) is 0.219. The van der Waals surface area contributed by atoms with Gasteiger partial charge in [0.1, 0.15) is 5.75 Å². The smallest absolute Gasteiger partial charge is 0.313 e. The van der Waals surface area contributed by atoms with Crippen LogP contribution in [-0.4, -0.2) is 44.0 Å². The van der Waals surface area contributed by atoms with Crippen LogP contribution >= 0.6 is 0 Å². The molecule has 4 rings (SSSR count). The van der Waals surface area contributed by atoms with Crippen molar-refractivity contribution in [3.63, 3.8) is 0 Å². The molecule has 1 aromatic rings. The molecule has 0 aliphatic carbocycles. The minimum Gasteiger partial charge on any atom is -0.493 e. The Balaban J connectivity index is 1.70. The summed E-state index contributed by atoms with van der Waals surface area (Å²) >= 11 is 0. The molecule has 3 atom stereocenters. The molecule has 1 aromatic carbocycles. The highest BCUT2D eigenvalue weighted by atomic mass is 32.2. The van der Waals surface area contributed by atoms with Gasteiger partial charge >= 0.3 is 5.97 Å². The molecule has 0 unspecified atom stereocenters. The fraction of sp³-hybridized carbons (Fsp3) is 0.632. The van der Waals surface area contributed by atoms with Gasteiger partial charge in [0.05, 0.1) is 23.5 Å². The number of esters is 1. The summed E-state index contributed by atoms with van der Waals surface area (Å²) in [6.07, 6.45) is 3.40. The van der Waals surface area contributed by atoms with Crippen LogP contribution in [0.3, 0.4) is 0 Å². The molecule has 3 aliphatic rings. The lowest BCUT2D eigenvalue weighted by molar-refractivity contribution is -0.157. The van der Waals surface area contributed by atoms with E-state index in [1.54, 1.807) is 29.4 Å². The Morgan fingerprint density at radius 2 is 2.15 bits per heavy atom. The van der Waals surface area contributed by atoms with Gasteiger partial charge in [0.15, 0.2) is 0 Å². The Morgan fingerprint density at radius 1 is 1.35 bits per heavy atom. The van der Waals surface area contributed by atoms with Crippen LogP contribution < -0.4 is 4.74 Å². The average molecular weight is 379 g/mol. The highest BCUT2D eigenvalue weighted by Crippen LogP contribution is 2.54. The summed E-state index contributed by atoms with van der Waals surface area (Å²) in [6.45, 7) is 4.65. The molecule has 2 bridgehead atoms. The topological polar surface area (TPSA) is 72.9 Å². The summed E-state index contributed by atoms with van der Waals surface area (Å²) < 4.78 is 39.2. The van der Waals surface area contributed by atoms with Crippen LogP contribution in [0.25, 0.3) is 0 Å². The molecule has 2 saturated heterocycles. The number of fused-ring (bicyclic) bond motifs is 3. The quantitative estimate of drug-likeness (QED) is 0.735. The Morgan fingerprint density at radius 3 is 2.88 bits per heavy atom. The standard InChI is InChI=1S/C19H25NO5S/c1-3-19(18(21)24-4-2)12-14-5-8-17(19)20(14)26(22,23)15-6-7-16-13(11-15)9-10-25-16/h6-7,11,14,17H,3-5,8-10,12H2,1-2H3/t14-,17+,19+/m1/s1. The van der Waals surface area contributed by atoms with Crippen molar-refractivity contribution >= 4 is 16.0 Å². The van der Waals surface area contributed by atoms with Crippen molar-refractivity contribution in [2.45, 2.75) is 62.9 Å². The molecule has 0 N–H and O–H groups in total. The maximum absolute atomic E-state index is 13.4. The summed E-state index contributed by atoms with van der Waals surface area (Å²) in [7, 11) is -3.66. The molecule has 0 spiro atoms. The van der Waals surface area contributed by atoms with Crippen LogP contribution in [0, 0.1) is 5.41 Å². The Kier molecular flexibility index (Phi) is 4.27. The van der Waals surface area contributed by atoms with Crippen molar-refractivity contribution in [1.29, 1.82) is 0 Å². The maximum atomic E-state index is 13.4. The van der Waals surface area contributed by atoms with Crippen LogP contribution in [0.1, 0.15) is 45.1 Å². The molecule has 26 heavy (non-hydrogen) atoms. The zero-order chi connectivity index (χ0) is 18.5. The fourth-order valence-electron chi connectivity index (χ4n) is 4.95. The molecule has 7 heteroatoms. The zero-order valence-corrected chi connectivity index (χ0v) is 16.0. The Hall–Kier alpha value is -1.60. The monoisotopic (exact) mass is 379 g/mol. The van der Waals surface area contributed by atoms with Gasteiger partial charge in [-0.25, -0.2) is 8.42 Å². The molecule has 142 valence electrons. The first-order valence-corrected chi connectivity index (χ1v) is 10.8. The number of carbonyl (C=O) groups excluding carboxylic acids is 1. The first-order chi connectivity index (χ1) is 12.4. The lowest BCUT2D eigenvalue weighted by Gasteiger charge is -2.34. The van der Waals surface area contributed by atoms with E-state index in [1.807, 2.05) is 6.92 Å². The molecular weight excluding hydrogens is 354 g/mol. The molecule has 3 aliphatic heterocycles. The molecule has 0 amide bonds. The van der Waals surface area contributed by atoms with Gasteiger partial charge < -0.3 is 9.47 Å². The molecule has 0 radical (unpaired) electrons. The van der Waals surface area contributed by atoms with Crippen LogP contribution in [0.4, 0.5) is 0 Å². The molecular formula is C19H25NO5S. The van der Waals surface area contributed by atoms with Crippen molar-refractivity contribution < 1.29 is 22.7 Å². The number of sulfonamides is 1. The van der Waals surface area contributed by atoms with E-state index in [4.69, 9.17) is 9.47 Å². The van der Waals surface area contributed by atoms with Crippen LogP contribution in [0.2, 0.25) is 0 Å². The number of carbonyl (C=O) groups is 1. The molecule has 0 saturated carbocycles. The third kappa shape index (κ3) is 2.40. The van der Waals surface area contributed by atoms with Crippen molar-refractivity contribution in [3.05, 3.63) is 23.8 Å². The van der Waals surface area contributed by atoms with Crippen molar-refractivity contribution in [2.75, 3.05) is 13.2 Å². The lowest BCUT2D eigenvalue weighted by atomic mass is 9.72. The van der Waals surface area contributed by atoms with Gasteiger partial charge in [-0.2, -0.15) is 4.31 Å². The number of ether oxygens (including phenoxy) is 2. The highest BCUT2D eigenvalue weighted by molar-refractivity contribution is 7.89. The van der Waals surface area contributed by atoms with Gasteiger partial charge in [0.25, 0.3) is 0 Å². The second-order valence-corrected chi connectivity index (χ2v) is 9.23. The number of nitrogens with zero attached hydrogens (tertiary/aromatic N) is 1.